The van der Waals surface area contributed by atoms with Crippen molar-refractivity contribution in [2.75, 3.05) is 13.1 Å². The first-order chi connectivity index (χ1) is 9.97. The van der Waals surface area contributed by atoms with Gasteiger partial charge in [0.05, 0.1) is 11.5 Å². The van der Waals surface area contributed by atoms with Crippen LogP contribution in [-0.2, 0) is 4.79 Å². The molecule has 0 radical (unpaired) electrons. The van der Waals surface area contributed by atoms with Gasteiger partial charge in [-0.1, -0.05) is 11.6 Å². The highest BCUT2D eigenvalue weighted by molar-refractivity contribution is 6.30. The van der Waals surface area contributed by atoms with Crippen LogP contribution in [0.2, 0.25) is 5.02 Å². The maximum atomic E-state index is 13.8. The monoisotopic (exact) mass is 311 g/mol. The van der Waals surface area contributed by atoms with Crippen molar-refractivity contribution in [3.8, 4) is 0 Å². The first-order valence-electron chi connectivity index (χ1n) is 6.94. The van der Waals surface area contributed by atoms with Gasteiger partial charge in [-0.25, -0.2) is 4.39 Å². The largest absolute Gasteiger partial charge is 0.481 e. The summed E-state index contributed by atoms with van der Waals surface area (Å²) in [5, 5.41) is 9.52. The van der Waals surface area contributed by atoms with Crippen LogP contribution in [0, 0.1) is 23.6 Å². The second kappa shape index (κ2) is 5.30. The molecule has 1 saturated heterocycles. The predicted molar refractivity (Wildman–Crippen MR) is 74.7 cm³/mol. The van der Waals surface area contributed by atoms with Crippen molar-refractivity contribution in [3.05, 3.63) is 34.6 Å². The molecule has 0 aromatic heterocycles. The first-order valence-corrected chi connectivity index (χ1v) is 7.32. The molecule has 0 bridgehead atoms. The van der Waals surface area contributed by atoms with E-state index in [-0.39, 0.29) is 23.0 Å². The molecule has 1 amide bonds. The van der Waals surface area contributed by atoms with E-state index in [1.165, 1.54) is 17.0 Å². The summed E-state index contributed by atoms with van der Waals surface area (Å²) in [5.41, 5.74) is -0.0556. The molecule has 112 valence electrons. The smallest absolute Gasteiger partial charge is 0.308 e. The number of nitrogens with zero attached hydrogens (tertiary/aromatic N) is 1. The van der Waals surface area contributed by atoms with Crippen LogP contribution in [0.15, 0.2) is 18.2 Å². The van der Waals surface area contributed by atoms with Gasteiger partial charge in [0.15, 0.2) is 0 Å². The zero-order chi connectivity index (χ0) is 15.1. The number of carboxylic acid groups (broad SMARTS) is 1. The Morgan fingerprint density at radius 2 is 2.00 bits per heavy atom. The summed E-state index contributed by atoms with van der Waals surface area (Å²) in [4.78, 5) is 25.2. The summed E-state index contributed by atoms with van der Waals surface area (Å²) in [5.74, 6) is -2.18. The van der Waals surface area contributed by atoms with Crippen molar-refractivity contribution in [3.63, 3.8) is 0 Å². The van der Waals surface area contributed by atoms with Crippen LogP contribution in [0.3, 0.4) is 0 Å². The van der Waals surface area contributed by atoms with Crippen LogP contribution in [0.25, 0.3) is 0 Å². The van der Waals surface area contributed by atoms with Crippen molar-refractivity contribution >= 4 is 23.5 Å². The number of likely N-dealkylation sites (tertiary alicyclic amines) is 1. The van der Waals surface area contributed by atoms with Gasteiger partial charge in [0.1, 0.15) is 5.82 Å². The molecule has 1 aliphatic heterocycles. The molecule has 0 spiro atoms. The Bertz CT molecular complexity index is 603. The van der Waals surface area contributed by atoms with E-state index in [0.29, 0.717) is 12.5 Å². The minimum atomic E-state index is -0.876. The topological polar surface area (TPSA) is 57.6 Å². The molecule has 1 heterocycles. The minimum absolute atomic E-state index is 0.0122. The van der Waals surface area contributed by atoms with Gasteiger partial charge < -0.3 is 10.0 Å². The molecule has 2 atom stereocenters. The van der Waals surface area contributed by atoms with Crippen LogP contribution < -0.4 is 0 Å². The number of carboxylic acids is 1. The van der Waals surface area contributed by atoms with Gasteiger partial charge in [-0.05, 0) is 42.9 Å². The highest BCUT2D eigenvalue weighted by Gasteiger charge is 2.47. The number of benzene rings is 1. The Kier molecular flexibility index (Phi) is 3.61. The minimum Gasteiger partial charge on any atom is -0.481 e. The molecule has 1 aromatic carbocycles. The van der Waals surface area contributed by atoms with Crippen LogP contribution in [0.5, 0.6) is 0 Å². The summed E-state index contributed by atoms with van der Waals surface area (Å²) < 4.78 is 13.8. The lowest BCUT2D eigenvalue weighted by Gasteiger charge is -2.16. The molecule has 1 N–H and O–H groups in total. The number of aliphatic carboxylic acids is 1. The van der Waals surface area contributed by atoms with Gasteiger partial charge >= 0.3 is 5.97 Å². The van der Waals surface area contributed by atoms with E-state index < -0.39 is 23.6 Å². The normalized spacial score (nSPS) is 25.1. The molecular weight excluding hydrogens is 297 g/mol. The number of carbonyl (C=O) groups excluding carboxylic acids is 1. The van der Waals surface area contributed by atoms with Gasteiger partial charge in [-0.15, -0.1) is 0 Å². The maximum absolute atomic E-state index is 13.8. The van der Waals surface area contributed by atoms with Gasteiger partial charge in [0, 0.05) is 18.1 Å². The standard InChI is InChI=1S/C15H15ClFNO3/c16-9-3-4-10(13(17)5-9)14(19)18-6-11(8-1-2-8)12(7-18)15(20)21/h3-5,8,11-12H,1-2,6-7H2,(H,20,21)/t11-,12+/m1/s1. The van der Waals surface area contributed by atoms with Crippen LogP contribution in [0.4, 0.5) is 4.39 Å². The predicted octanol–water partition coefficient (Wildman–Crippen LogP) is 2.66. The lowest BCUT2D eigenvalue weighted by Crippen LogP contribution is -2.30. The summed E-state index contributed by atoms with van der Waals surface area (Å²) in [6, 6.07) is 3.90. The highest BCUT2D eigenvalue weighted by Crippen LogP contribution is 2.44. The van der Waals surface area contributed by atoms with E-state index >= 15 is 0 Å². The molecule has 6 heteroatoms. The van der Waals surface area contributed by atoms with E-state index in [0.717, 1.165) is 18.9 Å². The zero-order valence-electron chi connectivity index (χ0n) is 11.3. The van der Waals surface area contributed by atoms with Crippen LogP contribution >= 0.6 is 11.6 Å². The van der Waals surface area contributed by atoms with Crippen molar-refractivity contribution in [2.45, 2.75) is 12.8 Å². The maximum Gasteiger partial charge on any atom is 0.308 e. The number of halogens is 2. The third kappa shape index (κ3) is 2.75. The Hall–Kier alpha value is -1.62. The molecular formula is C15H15ClFNO3. The van der Waals surface area contributed by atoms with Gasteiger partial charge in [-0.2, -0.15) is 0 Å². The van der Waals surface area contributed by atoms with E-state index in [1.54, 1.807) is 0 Å². The summed E-state index contributed by atoms with van der Waals surface area (Å²) in [6.45, 7) is 0.542. The number of hydrogen-bond donors (Lipinski definition) is 1. The van der Waals surface area contributed by atoms with Crippen LogP contribution in [-0.4, -0.2) is 35.0 Å². The highest BCUT2D eigenvalue weighted by atomic mass is 35.5. The van der Waals surface area contributed by atoms with Gasteiger partial charge in [0.2, 0.25) is 0 Å². The number of carbonyl (C=O) groups is 2. The van der Waals surface area contributed by atoms with E-state index in [1.807, 2.05) is 0 Å². The lowest BCUT2D eigenvalue weighted by atomic mass is 9.92. The molecule has 2 aliphatic rings. The molecule has 4 nitrogen and oxygen atoms in total. The Morgan fingerprint density at radius 3 is 2.57 bits per heavy atom. The fourth-order valence-electron chi connectivity index (χ4n) is 3.09. The van der Waals surface area contributed by atoms with E-state index in [2.05, 4.69) is 0 Å². The SMILES string of the molecule is O=C(O)[C@H]1CN(C(=O)c2ccc(Cl)cc2F)C[C@@H]1C1CC1. The average molecular weight is 312 g/mol. The van der Waals surface area contributed by atoms with Crippen molar-refractivity contribution in [1.82, 2.24) is 4.90 Å². The molecule has 1 aromatic rings. The third-order valence-electron chi connectivity index (χ3n) is 4.36. The molecule has 3 rings (SSSR count). The van der Waals surface area contributed by atoms with Crippen molar-refractivity contribution in [1.29, 1.82) is 0 Å². The number of rotatable bonds is 3. The molecule has 1 saturated carbocycles. The molecule has 1 aliphatic carbocycles. The second-order valence-electron chi connectivity index (χ2n) is 5.78. The van der Waals surface area contributed by atoms with Gasteiger partial charge in [-0.3, -0.25) is 9.59 Å². The quantitative estimate of drug-likeness (QED) is 0.933. The van der Waals surface area contributed by atoms with Crippen molar-refractivity contribution < 1.29 is 19.1 Å². The first kappa shape index (κ1) is 14.3. The Labute approximate surface area is 126 Å². The second-order valence-corrected chi connectivity index (χ2v) is 6.22. The van der Waals surface area contributed by atoms with Crippen molar-refractivity contribution in [2.24, 2.45) is 17.8 Å². The summed E-state index contributed by atoms with van der Waals surface area (Å²) >= 11 is 5.68. The zero-order valence-corrected chi connectivity index (χ0v) is 12.0. The molecule has 21 heavy (non-hydrogen) atoms. The number of amides is 1. The Balaban J connectivity index is 1.80. The fraction of sp³-hybridized carbons (Fsp3) is 0.467. The van der Waals surface area contributed by atoms with Gasteiger partial charge in [0.25, 0.3) is 5.91 Å². The summed E-state index contributed by atoms with van der Waals surface area (Å²) in [6.07, 6.45) is 2.04. The fourth-order valence-corrected chi connectivity index (χ4v) is 3.25. The third-order valence-corrected chi connectivity index (χ3v) is 4.59. The Morgan fingerprint density at radius 1 is 1.29 bits per heavy atom. The van der Waals surface area contributed by atoms with Crippen LogP contribution in [0.1, 0.15) is 23.2 Å². The van der Waals surface area contributed by atoms with E-state index in [9.17, 15) is 19.1 Å². The molecule has 2 fully saturated rings. The van der Waals surface area contributed by atoms with E-state index in [4.69, 9.17) is 11.6 Å². The average Bonchev–Trinajstić information content (AvgIpc) is 3.16. The number of hydrogen-bond acceptors (Lipinski definition) is 2. The molecule has 0 unspecified atom stereocenters. The lowest BCUT2D eigenvalue weighted by molar-refractivity contribution is -0.142. The summed E-state index contributed by atoms with van der Waals surface area (Å²) in [7, 11) is 0.